The van der Waals surface area contributed by atoms with Crippen molar-refractivity contribution in [1.29, 1.82) is 0 Å². The molecule has 0 atom stereocenters. The van der Waals surface area contributed by atoms with E-state index in [-0.39, 0.29) is 5.91 Å². The fourth-order valence-electron chi connectivity index (χ4n) is 3.87. The summed E-state index contributed by atoms with van der Waals surface area (Å²) in [6, 6.07) is 16.1. The minimum Gasteiger partial charge on any atom is -0.493 e. The van der Waals surface area contributed by atoms with Crippen LogP contribution in [0.5, 0.6) is 5.75 Å². The van der Waals surface area contributed by atoms with E-state index in [4.69, 9.17) is 22.1 Å². The summed E-state index contributed by atoms with van der Waals surface area (Å²) in [6.45, 7) is 7.69. The number of carbonyl (C=O) groups excluding carboxylic acids is 1. The summed E-state index contributed by atoms with van der Waals surface area (Å²) in [4.78, 5) is 15.4. The van der Waals surface area contributed by atoms with Gasteiger partial charge in [-0.05, 0) is 61.7 Å². The zero-order chi connectivity index (χ0) is 24.8. The number of nitrogens with zero attached hydrogens (tertiary/aromatic N) is 3. The zero-order valence-corrected chi connectivity index (χ0v) is 22.1. The van der Waals surface area contributed by atoms with Crippen molar-refractivity contribution in [3.8, 4) is 22.7 Å². The molecule has 1 fully saturated rings. The standard InChI is InChI=1S/C28H31N3O2S2/c1-4-6-15-30-27(32)25(35-28(30)34)18-22-19-31(23-11-9-8-10-12-23)29-26(22)21-13-14-24(20(3)17-21)33-16-7-5-2/h8-14,17-19H,4-7,15-16H2,1-3H3. The summed E-state index contributed by atoms with van der Waals surface area (Å²) in [5, 5.41) is 4.92. The monoisotopic (exact) mass is 505 g/mol. The Hall–Kier alpha value is -2.90. The predicted molar refractivity (Wildman–Crippen MR) is 149 cm³/mol. The second kappa shape index (κ2) is 11.7. The Morgan fingerprint density at radius 1 is 1.09 bits per heavy atom. The highest BCUT2D eigenvalue weighted by Gasteiger charge is 2.32. The topological polar surface area (TPSA) is 47.4 Å². The molecule has 1 aromatic heterocycles. The van der Waals surface area contributed by atoms with Crippen LogP contribution in [0.15, 0.2) is 59.6 Å². The molecule has 1 aliphatic heterocycles. The zero-order valence-electron chi connectivity index (χ0n) is 20.5. The van der Waals surface area contributed by atoms with Crippen LogP contribution in [0.25, 0.3) is 23.0 Å². The van der Waals surface area contributed by atoms with E-state index in [0.717, 1.165) is 59.5 Å². The molecule has 0 aliphatic carbocycles. The number of aromatic nitrogens is 2. The first-order valence-electron chi connectivity index (χ1n) is 12.2. The average Bonchev–Trinajstić information content (AvgIpc) is 3.40. The maximum atomic E-state index is 13.1. The molecule has 2 heterocycles. The number of thiocarbonyl (C=S) groups is 1. The van der Waals surface area contributed by atoms with Gasteiger partial charge >= 0.3 is 0 Å². The number of para-hydroxylation sites is 1. The molecule has 1 amide bonds. The van der Waals surface area contributed by atoms with E-state index < -0.39 is 0 Å². The van der Waals surface area contributed by atoms with Crippen molar-refractivity contribution in [3.05, 3.63) is 70.8 Å². The van der Waals surface area contributed by atoms with E-state index in [2.05, 4.69) is 26.8 Å². The van der Waals surface area contributed by atoms with E-state index in [0.29, 0.717) is 22.4 Å². The Kier molecular flexibility index (Phi) is 8.42. The van der Waals surface area contributed by atoms with Crippen molar-refractivity contribution in [2.75, 3.05) is 13.2 Å². The normalized spacial score (nSPS) is 14.8. The smallest absolute Gasteiger partial charge is 0.266 e. The van der Waals surface area contributed by atoms with Gasteiger partial charge in [0.15, 0.2) is 0 Å². The van der Waals surface area contributed by atoms with Crippen molar-refractivity contribution >= 4 is 40.3 Å². The highest BCUT2D eigenvalue weighted by molar-refractivity contribution is 8.26. The molecule has 2 aromatic carbocycles. The lowest BCUT2D eigenvalue weighted by molar-refractivity contribution is -0.122. The van der Waals surface area contributed by atoms with Gasteiger partial charge in [0.2, 0.25) is 0 Å². The molecule has 0 spiro atoms. The molecule has 0 radical (unpaired) electrons. The number of carbonyl (C=O) groups is 1. The molecular formula is C28H31N3O2S2. The van der Waals surface area contributed by atoms with Gasteiger partial charge in [-0.1, -0.05) is 68.9 Å². The number of hydrogen-bond donors (Lipinski definition) is 0. The minimum absolute atomic E-state index is 0.0253. The lowest BCUT2D eigenvalue weighted by Gasteiger charge is -2.13. The van der Waals surface area contributed by atoms with Crippen LogP contribution >= 0.6 is 24.0 Å². The third kappa shape index (κ3) is 5.85. The van der Waals surface area contributed by atoms with Gasteiger partial charge in [0.1, 0.15) is 15.8 Å². The molecule has 182 valence electrons. The van der Waals surface area contributed by atoms with Crippen molar-refractivity contribution in [1.82, 2.24) is 14.7 Å². The summed E-state index contributed by atoms with van der Waals surface area (Å²) < 4.78 is 8.43. The minimum atomic E-state index is -0.0253. The molecular weight excluding hydrogens is 474 g/mol. The van der Waals surface area contributed by atoms with Crippen molar-refractivity contribution in [3.63, 3.8) is 0 Å². The summed E-state index contributed by atoms with van der Waals surface area (Å²) in [7, 11) is 0. The van der Waals surface area contributed by atoms with Crippen LogP contribution < -0.4 is 4.74 Å². The highest BCUT2D eigenvalue weighted by Crippen LogP contribution is 2.36. The second-order valence-corrected chi connectivity index (χ2v) is 10.3. The average molecular weight is 506 g/mol. The SMILES string of the molecule is CCCCOc1ccc(-c2nn(-c3ccccc3)cc2C=C2SC(=S)N(CCCC)C2=O)cc1C. The largest absolute Gasteiger partial charge is 0.493 e. The van der Waals surface area contributed by atoms with Crippen LogP contribution in [-0.2, 0) is 4.79 Å². The molecule has 0 bridgehead atoms. The first kappa shape index (κ1) is 25.2. The first-order valence-corrected chi connectivity index (χ1v) is 13.4. The van der Waals surface area contributed by atoms with Gasteiger partial charge in [-0.2, -0.15) is 5.10 Å². The van der Waals surface area contributed by atoms with Crippen molar-refractivity contribution < 1.29 is 9.53 Å². The van der Waals surface area contributed by atoms with E-state index in [1.807, 2.05) is 59.4 Å². The van der Waals surface area contributed by atoms with Gasteiger partial charge in [0.25, 0.3) is 5.91 Å². The summed E-state index contributed by atoms with van der Waals surface area (Å²) in [5.74, 6) is 0.866. The third-order valence-electron chi connectivity index (χ3n) is 5.86. The molecule has 0 saturated carbocycles. The van der Waals surface area contributed by atoms with Gasteiger partial charge in [-0.25, -0.2) is 4.68 Å². The van der Waals surface area contributed by atoms with Gasteiger partial charge in [-0.3, -0.25) is 9.69 Å². The van der Waals surface area contributed by atoms with E-state index >= 15 is 0 Å². The summed E-state index contributed by atoms with van der Waals surface area (Å²) in [6.07, 6.45) is 7.98. The molecule has 1 aliphatic rings. The summed E-state index contributed by atoms with van der Waals surface area (Å²) in [5.41, 5.74) is 4.69. The van der Waals surface area contributed by atoms with Gasteiger partial charge in [0.05, 0.1) is 17.2 Å². The fourth-order valence-corrected chi connectivity index (χ4v) is 5.17. The van der Waals surface area contributed by atoms with Crippen molar-refractivity contribution in [2.24, 2.45) is 0 Å². The molecule has 7 heteroatoms. The van der Waals surface area contributed by atoms with Crippen LogP contribution in [0.3, 0.4) is 0 Å². The number of ether oxygens (including phenoxy) is 1. The Labute approximate surface area is 217 Å². The highest BCUT2D eigenvalue weighted by atomic mass is 32.2. The van der Waals surface area contributed by atoms with Crippen LogP contribution in [0.2, 0.25) is 0 Å². The van der Waals surface area contributed by atoms with Crippen LogP contribution in [0.1, 0.15) is 50.7 Å². The van der Waals surface area contributed by atoms with Crippen LogP contribution in [0.4, 0.5) is 0 Å². The lowest BCUT2D eigenvalue weighted by atomic mass is 10.0. The number of amides is 1. The maximum Gasteiger partial charge on any atom is 0.266 e. The molecule has 3 aromatic rings. The Morgan fingerprint density at radius 3 is 2.57 bits per heavy atom. The third-order valence-corrected chi connectivity index (χ3v) is 7.24. The maximum absolute atomic E-state index is 13.1. The molecule has 4 rings (SSSR count). The summed E-state index contributed by atoms with van der Waals surface area (Å²) >= 11 is 6.86. The van der Waals surface area contributed by atoms with E-state index in [1.165, 1.54) is 11.8 Å². The van der Waals surface area contributed by atoms with Gasteiger partial charge < -0.3 is 4.74 Å². The number of hydrogen-bond acceptors (Lipinski definition) is 5. The predicted octanol–water partition coefficient (Wildman–Crippen LogP) is 7.03. The first-order chi connectivity index (χ1) is 17.0. The molecule has 35 heavy (non-hydrogen) atoms. The van der Waals surface area contributed by atoms with Gasteiger partial charge in [0, 0.05) is 23.9 Å². The quantitative estimate of drug-likeness (QED) is 0.168. The number of unbranched alkanes of at least 4 members (excludes halogenated alkanes) is 2. The van der Waals surface area contributed by atoms with Crippen molar-refractivity contribution in [2.45, 2.75) is 46.5 Å². The Bertz CT molecular complexity index is 1230. The second-order valence-electron chi connectivity index (χ2n) is 8.58. The number of rotatable bonds is 10. The van der Waals surface area contributed by atoms with E-state index in [9.17, 15) is 4.79 Å². The molecule has 0 unspecified atom stereocenters. The Morgan fingerprint density at radius 2 is 1.86 bits per heavy atom. The number of benzene rings is 2. The van der Waals surface area contributed by atoms with Gasteiger partial charge in [-0.15, -0.1) is 0 Å². The molecule has 0 N–H and O–H groups in total. The molecule has 1 saturated heterocycles. The van der Waals surface area contributed by atoms with E-state index in [1.54, 1.807) is 4.90 Å². The van der Waals surface area contributed by atoms with Crippen LogP contribution in [-0.4, -0.2) is 38.1 Å². The van der Waals surface area contributed by atoms with Crippen LogP contribution in [0, 0.1) is 6.92 Å². The number of aryl methyl sites for hydroxylation is 1. The fraction of sp³-hybridized carbons (Fsp3) is 0.321. The molecule has 5 nitrogen and oxygen atoms in total. The number of thioether (sulfide) groups is 1. The Balaban J connectivity index is 1.72. The lowest BCUT2D eigenvalue weighted by Crippen LogP contribution is -2.28.